The van der Waals surface area contributed by atoms with Crippen molar-refractivity contribution >= 4 is 33.4 Å². The number of hydrogen-bond acceptors (Lipinski definition) is 7. The van der Waals surface area contributed by atoms with Crippen LogP contribution in [-0.4, -0.2) is 0 Å². The zero-order chi connectivity index (χ0) is 40.2. The Morgan fingerprint density at radius 1 is 0.463 bits per heavy atom. The first-order chi connectivity index (χ1) is 25.2. The molecule has 3 aromatic rings. The number of benzene rings is 3. The van der Waals surface area contributed by atoms with Crippen molar-refractivity contribution in [2.75, 3.05) is 0 Å². The van der Waals surface area contributed by atoms with E-state index in [4.69, 9.17) is 0 Å². The maximum atomic E-state index is 17.1. The zero-order valence-electron chi connectivity index (χ0n) is 25.8. The predicted octanol–water partition coefficient (Wildman–Crippen LogP) is 9.39. The van der Waals surface area contributed by atoms with Gasteiger partial charge in [-0.1, -0.05) is 6.07 Å². The Morgan fingerprint density at radius 2 is 0.870 bits per heavy atom. The maximum absolute atomic E-state index is 17.1. The number of nitriles is 7. The SMILES string of the molecule is N#CC(C#N)=C1C(c2cc(C(F)(F)F)cc(C(F)(F)F)c2)=C(C#N)c2c(F)c3c(c(F)c21)C(C#N)=C(c1ccc(C#N)c(C(F)(F)F)c1)C3=C(C#N)C#N. The van der Waals surface area contributed by atoms with Crippen molar-refractivity contribution in [2.45, 2.75) is 18.5 Å². The lowest BCUT2D eigenvalue weighted by atomic mass is 9.88. The third kappa shape index (κ3) is 5.64. The lowest BCUT2D eigenvalue weighted by Crippen LogP contribution is -2.12. The van der Waals surface area contributed by atoms with Crippen LogP contribution in [0.4, 0.5) is 48.3 Å². The van der Waals surface area contributed by atoms with E-state index in [0.29, 0.717) is 6.07 Å². The molecule has 0 amide bonds. The molecule has 0 heterocycles. The highest BCUT2D eigenvalue weighted by Gasteiger charge is 2.46. The Hall–Kier alpha value is -7.72. The van der Waals surface area contributed by atoms with Gasteiger partial charge in [0.15, 0.2) is 0 Å². The Morgan fingerprint density at radius 3 is 1.20 bits per heavy atom. The fraction of sp³-hybridized carbons (Fsp3) is 0.0833. The molecule has 0 radical (unpaired) electrons. The third-order valence-electron chi connectivity index (χ3n) is 8.16. The standard InChI is InChI=1S/C36H6F11N7/c37-32-28-21(12-53)24(14-1-2-15(7-48)23(5-14)36(45,46)47)26(17(8-49)9-50)30(28)33(38)29-22(13-54)25(27(31(29)32)18(10-51)11-52)16-3-19(34(39,40)41)6-20(4-16)35(42,43)44/h1-6H. The molecular weight excluding hydrogens is 739 g/mol. The summed E-state index contributed by atoms with van der Waals surface area (Å²) in [6, 6.07) is 10.7. The van der Waals surface area contributed by atoms with Crippen molar-refractivity contribution in [3.05, 3.63) is 115 Å². The monoisotopic (exact) mass is 745 g/mol. The van der Waals surface area contributed by atoms with Crippen LogP contribution in [0.25, 0.3) is 33.4 Å². The quantitative estimate of drug-likeness (QED) is 0.186. The summed E-state index contributed by atoms with van der Waals surface area (Å²) in [4.78, 5) is 0. The topological polar surface area (TPSA) is 167 Å². The van der Waals surface area contributed by atoms with Crippen molar-refractivity contribution in [2.24, 2.45) is 0 Å². The molecular formula is C36H6F11N7. The number of nitrogens with zero attached hydrogens (tertiary/aromatic N) is 7. The molecule has 0 unspecified atom stereocenters. The van der Waals surface area contributed by atoms with Crippen LogP contribution >= 0.6 is 0 Å². The summed E-state index contributed by atoms with van der Waals surface area (Å²) < 4.78 is 159. The van der Waals surface area contributed by atoms with Gasteiger partial charge in [0.25, 0.3) is 0 Å². The lowest BCUT2D eigenvalue weighted by molar-refractivity contribution is -0.143. The zero-order valence-corrected chi connectivity index (χ0v) is 25.8. The minimum absolute atomic E-state index is 0.0559. The molecule has 2 aliphatic rings. The average Bonchev–Trinajstić information content (AvgIpc) is 3.64. The van der Waals surface area contributed by atoms with Crippen LogP contribution in [-0.2, 0) is 18.5 Å². The highest BCUT2D eigenvalue weighted by atomic mass is 19.4. The van der Waals surface area contributed by atoms with Gasteiger partial charge in [-0.3, -0.25) is 0 Å². The van der Waals surface area contributed by atoms with Crippen LogP contribution in [0.5, 0.6) is 0 Å². The smallest absolute Gasteiger partial charge is 0.206 e. The molecule has 0 spiro atoms. The van der Waals surface area contributed by atoms with Gasteiger partial charge in [-0.05, 0) is 41.5 Å². The van der Waals surface area contributed by atoms with Crippen LogP contribution in [0, 0.1) is 91.0 Å². The van der Waals surface area contributed by atoms with Crippen LogP contribution in [0.3, 0.4) is 0 Å². The normalized spacial score (nSPS) is 13.5. The van der Waals surface area contributed by atoms with E-state index in [1.165, 1.54) is 42.5 Å². The molecule has 18 heteroatoms. The second-order valence-electron chi connectivity index (χ2n) is 11.0. The van der Waals surface area contributed by atoms with Gasteiger partial charge in [0.05, 0.1) is 39.5 Å². The van der Waals surface area contributed by atoms with Gasteiger partial charge in [0.2, 0.25) is 0 Å². The average molecular weight is 745 g/mol. The molecule has 2 aliphatic carbocycles. The predicted molar refractivity (Wildman–Crippen MR) is 160 cm³/mol. The molecule has 7 nitrogen and oxygen atoms in total. The molecule has 0 bridgehead atoms. The molecule has 5 rings (SSSR count). The first kappa shape index (κ1) is 37.5. The molecule has 0 saturated heterocycles. The summed E-state index contributed by atoms with van der Waals surface area (Å²) in [5.41, 5.74) is -22.4. The summed E-state index contributed by atoms with van der Waals surface area (Å²) in [5, 5.41) is 68.9. The lowest BCUT2D eigenvalue weighted by Gasteiger charge is -2.16. The highest BCUT2D eigenvalue weighted by Crippen LogP contribution is 2.58. The largest absolute Gasteiger partial charge is 0.417 e. The van der Waals surface area contributed by atoms with Gasteiger partial charge < -0.3 is 0 Å². The van der Waals surface area contributed by atoms with Crippen molar-refractivity contribution in [1.82, 2.24) is 0 Å². The van der Waals surface area contributed by atoms with Crippen LogP contribution in [0.2, 0.25) is 0 Å². The molecule has 262 valence electrons. The van der Waals surface area contributed by atoms with E-state index >= 15 is 8.78 Å². The molecule has 0 fully saturated rings. The molecule has 0 N–H and O–H groups in total. The van der Waals surface area contributed by atoms with Gasteiger partial charge in [-0.15, -0.1) is 0 Å². The van der Waals surface area contributed by atoms with Crippen LogP contribution < -0.4 is 0 Å². The Labute approximate surface area is 294 Å². The fourth-order valence-corrected chi connectivity index (χ4v) is 6.08. The second-order valence-corrected chi connectivity index (χ2v) is 11.0. The van der Waals surface area contributed by atoms with Crippen LogP contribution in [0.1, 0.15) is 55.6 Å². The summed E-state index contributed by atoms with van der Waals surface area (Å²) >= 11 is 0. The van der Waals surface area contributed by atoms with Crippen molar-refractivity contribution < 1.29 is 48.3 Å². The van der Waals surface area contributed by atoms with Crippen molar-refractivity contribution in [3.63, 3.8) is 0 Å². The fourth-order valence-electron chi connectivity index (χ4n) is 6.08. The molecule has 0 aromatic heterocycles. The first-order valence-corrected chi connectivity index (χ1v) is 14.1. The highest BCUT2D eigenvalue weighted by molar-refractivity contribution is 6.30. The Balaban J connectivity index is 2.03. The van der Waals surface area contributed by atoms with Gasteiger partial charge in [-0.2, -0.15) is 76.3 Å². The number of allylic oxidation sites excluding steroid dienone is 8. The molecule has 0 saturated carbocycles. The van der Waals surface area contributed by atoms with Gasteiger partial charge >= 0.3 is 18.5 Å². The van der Waals surface area contributed by atoms with E-state index in [-0.39, 0.29) is 24.3 Å². The molecule has 0 atom stereocenters. The minimum Gasteiger partial charge on any atom is -0.206 e. The van der Waals surface area contributed by atoms with Crippen molar-refractivity contribution in [1.29, 1.82) is 36.8 Å². The van der Waals surface area contributed by atoms with E-state index < -0.39 is 130 Å². The van der Waals surface area contributed by atoms with Crippen molar-refractivity contribution in [3.8, 4) is 42.5 Å². The number of rotatable bonds is 2. The number of hydrogen-bond donors (Lipinski definition) is 0. The summed E-state index contributed by atoms with van der Waals surface area (Å²) in [5.74, 6) is -3.73. The summed E-state index contributed by atoms with van der Waals surface area (Å²) in [7, 11) is 0. The van der Waals surface area contributed by atoms with E-state index in [2.05, 4.69) is 0 Å². The van der Waals surface area contributed by atoms with E-state index in [1.807, 2.05) is 0 Å². The first-order valence-electron chi connectivity index (χ1n) is 14.1. The third-order valence-corrected chi connectivity index (χ3v) is 8.16. The van der Waals surface area contributed by atoms with E-state index in [9.17, 15) is 76.3 Å². The second kappa shape index (κ2) is 12.8. The number of halogens is 11. The van der Waals surface area contributed by atoms with Gasteiger partial charge in [-0.25, -0.2) is 8.78 Å². The van der Waals surface area contributed by atoms with Gasteiger partial charge in [0, 0.05) is 44.5 Å². The Kier molecular flexibility index (Phi) is 8.90. The Bertz CT molecular complexity index is 2640. The summed E-state index contributed by atoms with van der Waals surface area (Å²) in [6.07, 6.45) is -16.2. The van der Waals surface area contributed by atoms with Gasteiger partial charge in [0.1, 0.15) is 59.2 Å². The minimum atomic E-state index is -5.49. The van der Waals surface area contributed by atoms with Crippen LogP contribution in [0.15, 0.2) is 47.5 Å². The molecule has 3 aromatic carbocycles. The maximum Gasteiger partial charge on any atom is 0.417 e. The summed E-state index contributed by atoms with van der Waals surface area (Å²) in [6.45, 7) is 0. The van der Waals surface area contributed by atoms with E-state index in [0.717, 1.165) is 6.07 Å². The number of fused-ring (bicyclic) bond motifs is 2. The molecule has 0 aliphatic heterocycles. The number of alkyl halides is 9. The van der Waals surface area contributed by atoms with E-state index in [1.54, 1.807) is 0 Å². The molecule has 54 heavy (non-hydrogen) atoms.